The second kappa shape index (κ2) is 9.58. The van der Waals surface area contributed by atoms with E-state index in [4.69, 9.17) is 0 Å². The summed E-state index contributed by atoms with van der Waals surface area (Å²) < 4.78 is 27.1. The van der Waals surface area contributed by atoms with Crippen molar-refractivity contribution < 1.29 is 13.2 Å². The van der Waals surface area contributed by atoms with Crippen LogP contribution in [-0.2, 0) is 14.8 Å². The molecule has 1 heterocycles. The SMILES string of the molecule is C[C@H](SCC(=O)Nc1cccc(S(=O)(=O)N2CCCCC2)c1)c1ccccc1. The van der Waals surface area contributed by atoms with Crippen LogP contribution >= 0.6 is 11.8 Å². The molecule has 0 saturated carbocycles. The molecule has 28 heavy (non-hydrogen) atoms. The van der Waals surface area contributed by atoms with E-state index < -0.39 is 10.0 Å². The number of benzene rings is 2. The molecule has 0 aromatic heterocycles. The first-order valence-electron chi connectivity index (χ1n) is 9.53. The topological polar surface area (TPSA) is 66.5 Å². The van der Waals surface area contributed by atoms with Crippen LogP contribution < -0.4 is 5.32 Å². The summed E-state index contributed by atoms with van der Waals surface area (Å²) in [7, 11) is -3.51. The zero-order chi connectivity index (χ0) is 20.0. The fourth-order valence-electron chi connectivity index (χ4n) is 3.21. The highest BCUT2D eigenvalue weighted by atomic mass is 32.2. The Hall–Kier alpha value is -1.83. The maximum absolute atomic E-state index is 12.8. The summed E-state index contributed by atoms with van der Waals surface area (Å²) in [4.78, 5) is 12.6. The fourth-order valence-corrected chi connectivity index (χ4v) is 5.59. The molecule has 1 aliphatic rings. The number of amides is 1. The Morgan fingerprint density at radius 1 is 1.07 bits per heavy atom. The van der Waals surface area contributed by atoms with Crippen molar-refractivity contribution in [3.63, 3.8) is 0 Å². The van der Waals surface area contributed by atoms with Crippen molar-refractivity contribution in [3.05, 3.63) is 60.2 Å². The Morgan fingerprint density at radius 2 is 1.79 bits per heavy atom. The minimum atomic E-state index is -3.51. The predicted molar refractivity (Wildman–Crippen MR) is 115 cm³/mol. The van der Waals surface area contributed by atoms with Crippen LogP contribution in [0.4, 0.5) is 5.69 Å². The second-order valence-electron chi connectivity index (χ2n) is 6.90. The zero-order valence-corrected chi connectivity index (χ0v) is 17.6. The molecule has 1 saturated heterocycles. The van der Waals surface area contributed by atoms with Crippen LogP contribution in [0.3, 0.4) is 0 Å². The van der Waals surface area contributed by atoms with Crippen molar-refractivity contribution in [3.8, 4) is 0 Å². The second-order valence-corrected chi connectivity index (χ2v) is 10.2. The highest BCUT2D eigenvalue weighted by Gasteiger charge is 2.26. The number of rotatable bonds is 7. The molecule has 0 spiro atoms. The van der Waals surface area contributed by atoms with E-state index in [1.165, 1.54) is 9.87 Å². The lowest BCUT2D eigenvalue weighted by molar-refractivity contribution is -0.113. The number of hydrogen-bond acceptors (Lipinski definition) is 4. The van der Waals surface area contributed by atoms with Crippen molar-refractivity contribution in [2.24, 2.45) is 0 Å². The average Bonchev–Trinajstić information content (AvgIpc) is 2.73. The molecule has 1 N–H and O–H groups in total. The molecular formula is C21H26N2O3S2. The number of nitrogens with zero attached hydrogens (tertiary/aromatic N) is 1. The van der Waals surface area contributed by atoms with Crippen LogP contribution in [-0.4, -0.2) is 37.5 Å². The molecule has 5 nitrogen and oxygen atoms in total. The lowest BCUT2D eigenvalue weighted by atomic mass is 10.2. The molecule has 2 aromatic carbocycles. The monoisotopic (exact) mass is 418 g/mol. The van der Waals surface area contributed by atoms with Crippen LogP contribution in [0.1, 0.15) is 37.0 Å². The van der Waals surface area contributed by atoms with Gasteiger partial charge in [0.2, 0.25) is 15.9 Å². The molecule has 1 fully saturated rings. The van der Waals surface area contributed by atoms with Crippen molar-refractivity contribution in [1.82, 2.24) is 4.31 Å². The highest BCUT2D eigenvalue weighted by molar-refractivity contribution is 8.00. The average molecular weight is 419 g/mol. The first-order valence-corrected chi connectivity index (χ1v) is 12.0. The summed E-state index contributed by atoms with van der Waals surface area (Å²) in [6.07, 6.45) is 2.86. The lowest BCUT2D eigenvalue weighted by Crippen LogP contribution is -2.35. The van der Waals surface area contributed by atoms with E-state index in [0.717, 1.165) is 19.3 Å². The number of carbonyl (C=O) groups excluding carboxylic acids is 1. The first kappa shape index (κ1) is 20.9. The molecule has 7 heteroatoms. The molecule has 1 amide bonds. The lowest BCUT2D eigenvalue weighted by Gasteiger charge is -2.26. The van der Waals surface area contributed by atoms with E-state index in [0.29, 0.717) is 24.5 Å². The van der Waals surface area contributed by atoms with E-state index in [9.17, 15) is 13.2 Å². The van der Waals surface area contributed by atoms with Crippen molar-refractivity contribution >= 4 is 33.4 Å². The number of hydrogen-bond donors (Lipinski definition) is 1. The van der Waals surface area contributed by atoms with E-state index in [1.807, 2.05) is 30.3 Å². The van der Waals surface area contributed by atoms with Gasteiger partial charge < -0.3 is 5.32 Å². The van der Waals surface area contributed by atoms with Crippen LogP contribution in [0.25, 0.3) is 0 Å². The van der Waals surface area contributed by atoms with Gasteiger partial charge in [0.05, 0.1) is 10.6 Å². The predicted octanol–water partition coefficient (Wildman–Crippen LogP) is 4.29. The number of nitrogens with one attached hydrogen (secondary N) is 1. The van der Waals surface area contributed by atoms with Gasteiger partial charge in [-0.05, 0) is 43.5 Å². The minimum Gasteiger partial charge on any atom is -0.325 e. The third-order valence-electron chi connectivity index (χ3n) is 4.80. The zero-order valence-electron chi connectivity index (χ0n) is 16.0. The molecule has 3 rings (SSSR count). The van der Waals surface area contributed by atoms with Gasteiger partial charge in [0.1, 0.15) is 0 Å². The first-order chi connectivity index (χ1) is 13.5. The molecule has 2 aromatic rings. The van der Waals surface area contributed by atoms with Gasteiger partial charge in [-0.15, -0.1) is 11.8 Å². The van der Waals surface area contributed by atoms with E-state index in [2.05, 4.69) is 12.2 Å². The van der Waals surface area contributed by atoms with Gasteiger partial charge in [-0.3, -0.25) is 4.79 Å². The number of carbonyl (C=O) groups is 1. The summed E-state index contributed by atoms with van der Waals surface area (Å²) in [5, 5.41) is 3.03. The Labute approximate surface area is 171 Å². The number of sulfonamides is 1. The van der Waals surface area contributed by atoms with E-state index in [1.54, 1.807) is 36.0 Å². The number of thioether (sulfide) groups is 1. The quantitative estimate of drug-likeness (QED) is 0.728. The third kappa shape index (κ3) is 5.37. The maximum Gasteiger partial charge on any atom is 0.243 e. The van der Waals surface area contributed by atoms with Crippen molar-refractivity contribution in [2.75, 3.05) is 24.2 Å². The molecule has 1 aliphatic heterocycles. The largest absolute Gasteiger partial charge is 0.325 e. The fraction of sp³-hybridized carbons (Fsp3) is 0.381. The summed E-state index contributed by atoms with van der Waals surface area (Å²) in [5.74, 6) is 0.166. The maximum atomic E-state index is 12.8. The molecule has 1 atom stereocenters. The van der Waals surface area contributed by atoms with Crippen LogP contribution in [0.2, 0.25) is 0 Å². The number of anilines is 1. The van der Waals surface area contributed by atoms with Crippen molar-refractivity contribution in [1.29, 1.82) is 0 Å². The van der Waals surface area contributed by atoms with Crippen molar-refractivity contribution in [2.45, 2.75) is 36.3 Å². The minimum absolute atomic E-state index is 0.139. The van der Waals surface area contributed by atoms with Gasteiger partial charge in [0.15, 0.2) is 0 Å². The van der Waals surface area contributed by atoms with Crippen LogP contribution in [0, 0.1) is 0 Å². The molecule has 0 aliphatic carbocycles. The van der Waals surface area contributed by atoms with E-state index >= 15 is 0 Å². The molecule has 0 radical (unpaired) electrons. The summed E-state index contributed by atoms with van der Waals surface area (Å²) in [5.41, 5.74) is 1.69. The Morgan fingerprint density at radius 3 is 2.50 bits per heavy atom. The molecule has 0 bridgehead atoms. The highest BCUT2D eigenvalue weighted by Crippen LogP contribution is 2.28. The van der Waals surface area contributed by atoms with E-state index in [-0.39, 0.29) is 16.1 Å². The smallest absolute Gasteiger partial charge is 0.243 e. The molecule has 0 unspecified atom stereocenters. The van der Waals surface area contributed by atoms with Gasteiger partial charge in [0.25, 0.3) is 0 Å². The number of piperidine rings is 1. The molecular weight excluding hydrogens is 392 g/mol. The van der Waals surface area contributed by atoms with Gasteiger partial charge in [0, 0.05) is 24.0 Å². The van der Waals surface area contributed by atoms with Gasteiger partial charge in [-0.2, -0.15) is 4.31 Å². The van der Waals surface area contributed by atoms with Gasteiger partial charge >= 0.3 is 0 Å². The standard InChI is InChI=1S/C21H26N2O3S2/c1-17(18-9-4-2-5-10-18)27-16-21(24)22-19-11-8-12-20(15-19)28(25,26)23-13-6-3-7-14-23/h2,4-5,8-12,15,17H,3,6-7,13-14,16H2,1H3,(H,22,24)/t17-/m0/s1. The third-order valence-corrected chi connectivity index (χ3v) is 7.90. The Balaban J connectivity index is 1.60. The van der Waals surface area contributed by atoms with Crippen LogP contribution in [0.15, 0.2) is 59.5 Å². The van der Waals surface area contributed by atoms with Crippen LogP contribution in [0.5, 0.6) is 0 Å². The van der Waals surface area contributed by atoms with Gasteiger partial charge in [-0.1, -0.05) is 42.8 Å². The normalized spacial score (nSPS) is 16.5. The summed E-state index contributed by atoms with van der Waals surface area (Å²) in [6, 6.07) is 16.6. The Kier molecular flexibility index (Phi) is 7.15. The summed E-state index contributed by atoms with van der Waals surface area (Å²) in [6.45, 7) is 3.19. The van der Waals surface area contributed by atoms with Gasteiger partial charge in [-0.25, -0.2) is 8.42 Å². The summed E-state index contributed by atoms with van der Waals surface area (Å²) >= 11 is 1.55. The Bertz CT molecular complexity index is 895. The molecule has 150 valence electrons.